The van der Waals surface area contributed by atoms with Crippen molar-refractivity contribution in [1.82, 2.24) is 0 Å². The van der Waals surface area contributed by atoms with Crippen molar-refractivity contribution < 1.29 is 19.3 Å². The second-order valence-corrected chi connectivity index (χ2v) is 5.27. The Bertz CT molecular complexity index is 378. The molecular weight excluding hydrogens is 280 g/mol. The lowest BCUT2D eigenvalue weighted by molar-refractivity contribution is 0.0927. The molecule has 112 valence electrons. The van der Waals surface area contributed by atoms with Crippen LogP contribution in [0.1, 0.15) is 12.8 Å². The highest BCUT2D eigenvalue weighted by atomic mass is 35.5. The quantitative estimate of drug-likeness (QED) is 0.533. The van der Waals surface area contributed by atoms with Gasteiger partial charge in [0.15, 0.2) is 0 Å². The maximum Gasteiger partial charge on any atom is 0.119 e. The average molecular weight is 301 g/mol. The van der Waals surface area contributed by atoms with E-state index in [1.54, 1.807) is 12.1 Å². The first kappa shape index (κ1) is 15.4. The lowest BCUT2D eigenvalue weighted by atomic mass is 10.3. The molecule has 1 aliphatic rings. The van der Waals surface area contributed by atoms with Crippen molar-refractivity contribution in [3.63, 3.8) is 0 Å². The summed E-state index contributed by atoms with van der Waals surface area (Å²) >= 11 is 5.49. The summed E-state index contributed by atoms with van der Waals surface area (Å²) < 4.78 is 16.4. The Balaban J connectivity index is 1.60. The fourth-order valence-electron chi connectivity index (χ4n) is 1.62. The lowest BCUT2D eigenvalue weighted by Gasteiger charge is -2.11. The first-order chi connectivity index (χ1) is 9.78. The molecule has 0 saturated heterocycles. The van der Waals surface area contributed by atoms with Gasteiger partial charge in [-0.2, -0.15) is 0 Å². The highest BCUT2D eigenvalue weighted by Crippen LogP contribution is 2.28. The molecule has 1 aromatic carbocycles. The molecule has 2 rings (SSSR count). The van der Waals surface area contributed by atoms with E-state index in [1.807, 2.05) is 12.1 Å². The van der Waals surface area contributed by atoms with Crippen LogP contribution < -0.4 is 9.47 Å². The van der Waals surface area contributed by atoms with Gasteiger partial charge in [-0.3, -0.25) is 0 Å². The molecule has 1 N–H and O–H groups in total. The van der Waals surface area contributed by atoms with E-state index in [4.69, 9.17) is 25.8 Å². The standard InChI is InChI=1S/C15H21ClO4/c16-9-13(17)11-20-15-5-3-14(4-6-15)19-8-7-18-10-12-1-2-12/h3-6,12-13,17H,1-2,7-11H2/t13-/m1/s1. The number of aliphatic hydroxyl groups is 1. The molecule has 0 spiro atoms. The molecule has 20 heavy (non-hydrogen) atoms. The van der Waals surface area contributed by atoms with Gasteiger partial charge in [0.1, 0.15) is 30.8 Å². The SMILES string of the molecule is O[C@H](CCl)COc1ccc(OCCOCC2CC2)cc1. The van der Waals surface area contributed by atoms with Crippen LogP contribution in [0, 0.1) is 5.92 Å². The van der Waals surface area contributed by atoms with Crippen molar-refractivity contribution in [3.05, 3.63) is 24.3 Å². The number of benzene rings is 1. The zero-order chi connectivity index (χ0) is 14.2. The first-order valence-corrected chi connectivity index (χ1v) is 7.49. The van der Waals surface area contributed by atoms with E-state index in [0.717, 1.165) is 18.3 Å². The van der Waals surface area contributed by atoms with Crippen molar-refractivity contribution in [3.8, 4) is 11.5 Å². The summed E-state index contributed by atoms with van der Waals surface area (Å²) in [6.07, 6.45) is 1.97. The van der Waals surface area contributed by atoms with Gasteiger partial charge in [-0.25, -0.2) is 0 Å². The molecule has 0 radical (unpaired) electrons. The van der Waals surface area contributed by atoms with Gasteiger partial charge in [0.05, 0.1) is 12.5 Å². The van der Waals surface area contributed by atoms with Crippen molar-refractivity contribution in [1.29, 1.82) is 0 Å². The summed E-state index contributed by atoms with van der Waals surface area (Å²) in [7, 11) is 0. The molecule has 1 aromatic rings. The average Bonchev–Trinajstić information content (AvgIpc) is 3.30. The molecule has 0 aromatic heterocycles. The van der Waals surface area contributed by atoms with Crippen LogP contribution in [0.15, 0.2) is 24.3 Å². The van der Waals surface area contributed by atoms with E-state index in [1.165, 1.54) is 12.8 Å². The van der Waals surface area contributed by atoms with E-state index in [2.05, 4.69) is 0 Å². The van der Waals surface area contributed by atoms with Gasteiger partial charge in [-0.1, -0.05) is 0 Å². The van der Waals surface area contributed by atoms with E-state index < -0.39 is 6.10 Å². The van der Waals surface area contributed by atoms with Crippen molar-refractivity contribution in [2.24, 2.45) is 5.92 Å². The minimum absolute atomic E-state index is 0.169. The highest BCUT2D eigenvalue weighted by Gasteiger charge is 2.20. The Hall–Kier alpha value is -0.970. The summed E-state index contributed by atoms with van der Waals surface area (Å²) in [5, 5.41) is 9.29. The Morgan fingerprint density at radius 1 is 1.10 bits per heavy atom. The van der Waals surface area contributed by atoms with E-state index in [0.29, 0.717) is 19.0 Å². The molecular formula is C15H21ClO4. The van der Waals surface area contributed by atoms with Gasteiger partial charge < -0.3 is 19.3 Å². The molecule has 1 saturated carbocycles. The number of rotatable bonds is 10. The molecule has 1 fully saturated rings. The molecule has 0 amide bonds. The zero-order valence-corrected chi connectivity index (χ0v) is 12.2. The second kappa shape index (κ2) is 8.35. The largest absolute Gasteiger partial charge is 0.491 e. The van der Waals surface area contributed by atoms with Gasteiger partial charge in [-0.05, 0) is 43.0 Å². The topological polar surface area (TPSA) is 47.9 Å². The Labute approximate surface area is 124 Å². The van der Waals surface area contributed by atoms with Gasteiger partial charge >= 0.3 is 0 Å². The zero-order valence-electron chi connectivity index (χ0n) is 11.5. The predicted octanol–water partition coefficient (Wildman–Crippen LogP) is 2.47. The van der Waals surface area contributed by atoms with Crippen LogP contribution in [0.25, 0.3) is 0 Å². The number of halogens is 1. The maximum atomic E-state index is 9.29. The Kier molecular flexibility index (Phi) is 6.43. The Morgan fingerprint density at radius 2 is 1.75 bits per heavy atom. The van der Waals surface area contributed by atoms with Gasteiger partial charge in [0, 0.05) is 6.61 Å². The van der Waals surface area contributed by atoms with Gasteiger partial charge in [-0.15, -0.1) is 11.6 Å². The fourth-order valence-corrected chi connectivity index (χ4v) is 1.71. The summed E-state index contributed by atoms with van der Waals surface area (Å²) in [5.74, 6) is 2.42. The number of alkyl halides is 1. The molecule has 5 heteroatoms. The van der Waals surface area contributed by atoms with Gasteiger partial charge in [0.2, 0.25) is 0 Å². The minimum Gasteiger partial charge on any atom is -0.491 e. The second-order valence-electron chi connectivity index (χ2n) is 4.96. The molecule has 0 bridgehead atoms. The van der Waals surface area contributed by atoms with Crippen LogP contribution in [0.4, 0.5) is 0 Å². The lowest BCUT2D eigenvalue weighted by Crippen LogP contribution is -2.18. The van der Waals surface area contributed by atoms with Crippen LogP contribution in [0.2, 0.25) is 0 Å². The van der Waals surface area contributed by atoms with Crippen LogP contribution in [0.3, 0.4) is 0 Å². The number of hydrogen-bond acceptors (Lipinski definition) is 4. The minimum atomic E-state index is -0.642. The van der Waals surface area contributed by atoms with Crippen LogP contribution >= 0.6 is 11.6 Å². The predicted molar refractivity (Wildman–Crippen MR) is 77.7 cm³/mol. The van der Waals surface area contributed by atoms with Crippen LogP contribution in [-0.2, 0) is 4.74 Å². The molecule has 1 aliphatic carbocycles. The molecule has 0 heterocycles. The number of aliphatic hydroxyl groups excluding tert-OH is 1. The maximum absolute atomic E-state index is 9.29. The first-order valence-electron chi connectivity index (χ1n) is 6.95. The molecule has 4 nitrogen and oxygen atoms in total. The number of hydrogen-bond donors (Lipinski definition) is 1. The third kappa shape index (κ3) is 5.99. The van der Waals surface area contributed by atoms with Gasteiger partial charge in [0.25, 0.3) is 0 Å². The van der Waals surface area contributed by atoms with E-state index in [9.17, 15) is 5.11 Å². The van der Waals surface area contributed by atoms with Crippen molar-refractivity contribution in [2.75, 3.05) is 32.3 Å². The smallest absolute Gasteiger partial charge is 0.119 e. The van der Waals surface area contributed by atoms with E-state index in [-0.39, 0.29) is 12.5 Å². The fraction of sp³-hybridized carbons (Fsp3) is 0.600. The number of ether oxygens (including phenoxy) is 3. The molecule has 0 aliphatic heterocycles. The monoisotopic (exact) mass is 300 g/mol. The van der Waals surface area contributed by atoms with Crippen LogP contribution in [0.5, 0.6) is 11.5 Å². The van der Waals surface area contributed by atoms with Crippen LogP contribution in [-0.4, -0.2) is 43.5 Å². The normalized spacial score (nSPS) is 15.9. The summed E-state index contributed by atoms with van der Waals surface area (Å²) in [6.45, 7) is 2.23. The Morgan fingerprint density at radius 3 is 2.35 bits per heavy atom. The third-order valence-corrected chi connectivity index (χ3v) is 3.35. The summed E-state index contributed by atoms with van der Waals surface area (Å²) in [5.41, 5.74) is 0. The summed E-state index contributed by atoms with van der Waals surface area (Å²) in [6, 6.07) is 7.29. The third-order valence-electron chi connectivity index (χ3n) is 2.99. The van der Waals surface area contributed by atoms with E-state index >= 15 is 0 Å². The molecule has 1 atom stereocenters. The molecule has 0 unspecified atom stereocenters. The van der Waals surface area contributed by atoms with Crippen molar-refractivity contribution in [2.45, 2.75) is 18.9 Å². The van der Waals surface area contributed by atoms with Crippen molar-refractivity contribution >= 4 is 11.6 Å². The summed E-state index contributed by atoms with van der Waals surface area (Å²) in [4.78, 5) is 0. The highest BCUT2D eigenvalue weighted by molar-refractivity contribution is 6.18.